The van der Waals surface area contributed by atoms with Crippen molar-refractivity contribution in [1.29, 1.82) is 0 Å². The summed E-state index contributed by atoms with van der Waals surface area (Å²) in [6.45, 7) is 4.76. The Bertz CT molecular complexity index is 328. The molecule has 0 fully saturated rings. The molecule has 1 aromatic rings. The van der Waals surface area contributed by atoms with E-state index in [1.165, 1.54) is 19.9 Å². The van der Waals surface area contributed by atoms with Crippen LogP contribution in [0.15, 0.2) is 12.1 Å². The van der Waals surface area contributed by atoms with Gasteiger partial charge >= 0.3 is 9.08 Å². The van der Waals surface area contributed by atoms with Crippen LogP contribution in [0.3, 0.4) is 0 Å². The van der Waals surface area contributed by atoms with Crippen LogP contribution in [0.5, 0.6) is 0 Å². The number of rotatable bonds is 1. The van der Waals surface area contributed by atoms with Crippen molar-refractivity contribution in [3.8, 4) is 0 Å². The summed E-state index contributed by atoms with van der Waals surface area (Å²) in [5, 5.41) is -0.354. The second-order valence-corrected chi connectivity index (χ2v) is 4.69. The Morgan fingerprint density at radius 1 is 0.923 bits per heavy atom. The third-order valence-corrected chi connectivity index (χ3v) is 3.56. The third-order valence-electron chi connectivity index (χ3n) is 2.23. The fourth-order valence-electron chi connectivity index (χ4n) is 1.39. The van der Waals surface area contributed by atoms with Gasteiger partial charge in [-0.15, -0.1) is 0 Å². The maximum Gasteiger partial charge on any atom is 0.653 e. The van der Waals surface area contributed by atoms with Crippen LogP contribution >= 0.6 is 0 Å². The van der Waals surface area contributed by atoms with E-state index in [-0.39, 0.29) is 5.19 Å². The fraction of sp³-hybridized carbons (Fsp3) is 0.333. The topological polar surface area (TPSA) is 0 Å². The molecule has 0 aliphatic carbocycles. The summed E-state index contributed by atoms with van der Waals surface area (Å²) in [5.74, 6) is 0. The SMILES string of the molecule is Cc1ccc(C)c([Si](F)(F)F)c1C. The van der Waals surface area contributed by atoms with Crippen LogP contribution < -0.4 is 5.19 Å². The van der Waals surface area contributed by atoms with Crippen molar-refractivity contribution in [1.82, 2.24) is 0 Å². The molecule has 0 amide bonds. The van der Waals surface area contributed by atoms with Crippen LogP contribution in [0.4, 0.5) is 12.3 Å². The maximum atomic E-state index is 12.6. The van der Waals surface area contributed by atoms with E-state index in [1.807, 2.05) is 0 Å². The normalized spacial score (nSPS) is 11.8. The van der Waals surface area contributed by atoms with Crippen LogP contribution in [0, 0.1) is 20.8 Å². The average Bonchev–Trinajstić information content (AvgIpc) is 1.95. The molecule has 0 N–H and O–H groups in total. The predicted octanol–water partition coefficient (Wildman–Crippen LogP) is 2.67. The lowest BCUT2D eigenvalue weighted by Crippen LogP contribution is -2.38. The highest BCUT2D eigenvalue weighted by molar-refractivity contribution is 6.74. The first-order chi connectivity index (χ1) is 5.84. The van der Waals surface area contributed by atoms with Crippen LogP contribution in [0.25, 0.3) is 0 Å². The lowest BCUT2D eigenvalue weighted by Gasteiger charge is -2.12. The summed E-state index contributed by atoms with van der Waals surface area (Å²) >= 11 is 0. The van der Waals surface area contributed by atoms with Crippen molar-refractivity contribution >= 4 is 14.3 Å². The molecule has 0 nitrogen and oxygen atoms in total. The van der Waals surface area contributed by atoms with E-state index in [4.69, 9.17) is 0 Å². The summed E-state index contributed by atoms with van der Waals surface area (Å²) in [5.41, 5.74) is 1.45. The van der Waals surface area contributed by atoms with Crippen LogP contribution in [0.1, 0.15) is 16.7 Å². The average molecular weight is 204 g/mol. The molecule has 0 saturated heterocycles. The van der Waals surface area contributed by atoms with Gasteiger partial charge in [-0.2, -0.15) is 0 Å². The van der Waals surface area contributed by atoms with Gasteiger partial charge in [0.15, 0.2) is 0 Å². The zero-order chi connectivity index (χ0) is 10.2. The molecule has 72 valence electrons. The second-order valence-electron chi connectivity index (χ2n) is 3.20. The molecule has 1 rings (SSSR count). The minimum absolute atomic E-state index is 0.349. The first-order valence-electron chi connectivity index (χ1n) is 3.98. The molecule has 0 aromatic heterocycles. The maximum absolute atomic E-state index is 12.6. The Labute approximate surface area is 76.9 Å². The van der Waals surface area contributed by atoms with E-state index in [1.54, 1.807) is 13.0 Å². The molecule has 0 spiro atoms. The molecule has 0 unspecified atom stereocenters. The molecular formula is C9H11F3Si. The zero-order valence-corrected chi connectivity index (χ0v) is 8.79. The van der Waals surface area contributed by atoms with Gasteiger partial charge in [-0.25, -0.2) is 12.3 Å². The largest absolute Gasteiger partial charge is 0.653 e. The summed E-state index contributed by atoms with van der Waals surface area (Å²) in [4.78, 5) is 0. The Morgan fingerprint density at radius 2 is 1.38 bits per heavy atom. The lowest BCUT2D eigenvalue weighted by molar-refractivity contribution is 0.500. The first kappa shape index (κ1) is 10.3. The Kier molecular flexibility index (Phi) is 2.52. The number of halogens is 3. The van der Waals surface area contributed by atoms with E-state index in [0.29, 0.717) is 16.7 Å². The summed E-state index contributed by atoms with van der Waals surface area (Å²) in [7, 11) is -5.65. The standard InChI is InChI=1S/C9H11F3Si/c1-6-4-5-7(2)9(8(6)3)13(10,11)12/h4-5H,1-3H3. The Morgan fingerprint density at radius 3 is 1.77 bits per heavy atom. The van der Waals surface area contributed by atoms with Gasteiger partial charge in [0.25, 0.3) is 0 Å². The van der Waals surface area contributed by atoms with Gasteiger partial charge in [0.2, 0.25) is 0 Å². The van der Waals surface area contributed by atoms with E-state index in [0.717, 1.165) is 0 Å². The highest BCUT2D eigenvalue weighted by Crippen LogP contribution is 2.16. The van der Waals surface area contributed by atoms with Crippen molar-refractivity contribution in [2.45, 2.75) is 20.8 Å². The van der Waals surface area contributed by atoms with E-state index < -0.39 is 9.08 Å². The monoisotopic (exact) mass is 204 g/mol. The van der Waals surface area contributed by atoms with Gasteiger partial charge in [-0.1, -0.05) is 12.1 Å². The van der Waals surface area contributed by atoms with E-state index in [2.05, 4.69) is 0 Å². The summed E-state index contributed by atoms with van der Waals surface area (Å²) < 4.78 is 37.9. The Hall–Kier alpha value is -0.773. The van der Waals surface area contributed by atoms with Gasteiger partial charge in [0.05, 0.1) is 0 Å². The third kappa shape index (κ3) is 1.93. The molecule has 0 bridgehead atoms. The van der Waals surface area contributed by atoms with Crippen molar-refractivity contribution in [3.63, 3.8) is 0 Å². The molecule has 0 aliphatic heterocycles. The molecule has 0 saturated carbocycles. The van der Waals surface area contributed by atoms with Crippen LogP contribution in [0.2, 0.25) is 0 Å². The fourth-order valence-corrected chi connectivity index (χ4v) is 2.54. The van der Waals surface area contributed by atoms with Gasteiger partial charge in [-0.3, -0.25) is 0 Å². The number of hydrogen-bond donors (Lipinski definition) is 0. The van der Waals surface area contributed by atoms with Crippen molar-refractivity contribution in [2.75, 3.05) is 0 Å². The molecule has 0 atom stereocenters. The highest BCUT2D eigenvalue weighted by atomic mass is 28.5. The minimum Gasteiger partial charge on any atom is -0.234 e. The number of benzene rings is 1. The molecular weight excluding hydrogens is 193 g/mol. The summed E-state index contributed by atoms with van der Waals surface area (Å²) in [6.07, 6.45) is 0. The van der Waals surface area contributed by atoms with E-state index in [9.17, 15) is 12.3 Å². The Balaban J connectivity index is 3.43. The zero-order valence-electron chi connectivity index (χ0n) is 7.79. The first-order valence-corrected chi connectivity index (χ1v) is 5.61. The van der Waals surface area contributed by atoms with Gasteiger partial charge < -0.3 is 0 Å². The minimum atomic E-state index is -5.65. The van der Waals surface area contributed by atoms with Crippen molar-refractivity contribution in [3.05, 3.63) is 28.8 Å². The number of hydrogen-bond acceptors (Lipinski definition) is 0. The predicted molar refractivity (Wildman–Crippen MR) is 49.4 cm³/mol. The molecule has 0 heterocycles. The smallest absolute Gasteiger partial charge is 0.234 e. The van der Waals surface area contributed by atoms with Crippen molar-refractivity contribution < 1.29 is 12.3 Å². The van der Waals surface area contributed by atoms with Gasteiger partial charge in [0.1, 0.15) is 0 Å². The van der Waals surface area contributed by atoms with Crippen LogP contribution in [-0.4, -0.2) is 9.08 Å². The van der Waals surface area contributed by atoms with Crippen LogP contribution in [-0.2, 0) is 0 Å². The second kappa shape index (κ2) is 3.18. The van der Waals surface area contributed by atoms with E-state index >= 15 is 0 Å². The molecule has 1 aromatic carbocycles. The van der Waals surface area contributed by atoms with Gasteiger partial charge in [-0.05, 0) is 37.5 Å². The summed E-state index contributed by atoms with van der Waals surface area (Å²) in [6, 6.07) is 3.27. The number of aryl methyl sites for hydroxylation is 2. The lowest BCUT2D eigenvalue weighted by atomic mass is 10.1. The highest BCUT2D eigenvalue weighted by Gasteiger charge is 2.42. The van der Waals surface area contributed by atoms with Gasteiger partial charge in [0, 0.05) is 5.19 Å². The quantitative estimate of drug-likeness (QED) is 0.487. The molecule has 0 radical (unpaired) electrons. The van der Waals surface area contributed by atoms with Crippen molar-refractivity contribution in [2.24, 2.45) is 0 Å². The molecule has 4 heteroatoms. The molecule has 13 heavy (non-hydrogen) atoms. The molecule has 0 aliphatic rings.